The third kappa shape index (κ3) is 2.78. The van der Waals surface area contributed by atoms with Crippen LogP contribution < -0.4 is 10.5 Å². The van der Waals surface area contributed by atoms with Gasteiger partial charge in [0, 0.05) is 6.54 Å². The van der Waals surface area contributed by atoms with Crippen molar-refractivity contribution in [3.05, 3.63) is 30.3 Å². The smallest absolute Gasteiger partial charge is 0.184 e. The summed E-state index contributed by atoms with van der Waals surface area (Å²) in [5.74, 6) is 0.748. The maximum absolute atomic E-state index is 5.65. The Morgan fingerprint density at radius 2 is 2.00 bits per heavy atom. The number of benzene rings is 1. The second-order valence-electron chi connectivity index (χ2n) is 2.08. The molecule has 0 aliphatic carbocycles. The van der Waals surface area contributed by atoms with Crippen LogP contribution in [0.5, 0.6) is 5.75 Å². The monoisotopic (exact) mass is 171 g/mol. The number of nitrogens with two attached hydrogens (primary N) is 1. The van der Waals surface area contributed by atoms with Crippen molar-refractivity contribution in [2.24, 2.45) is 5.73 Å². The van der Waals surface area contributed by atoms with E-state index in [1.807, 2.05) is 30.3 Å². The van der Waals surface area contributed by atoms with E-state index in [0.717, 1.165) is 5.75 Å². The van der Waals surface area contributed by atoms with Gasteiger partial charge in [-0.05, 0) is 12.1 Å². The van der Waals surface area contributed by atoms with Crippen LogP contribution in [0, 0.1) is 0 Å². The van der Waals surface area contributed by atoms with Gasteiger partial charge in [-0.3, -0.25) is 0 Å². The Hall–Kier alpha value is -0.730. The molecule has 1 rings (SSSR count). The highest BCUT2D eigenvalue weighted by Gasteiger charge is 2.00. The van der Waals surface area contributed by atoms with E-state index in [9.17, 15) is 0 Å². The van der Waals surface area contributed by atoms with Crippen LogP contribution in [-0.2, 0) is 0 Å². The lowest BCUT2D eigenvalue weighted by molar-refractivity contribution is 0.289. The molecule has 0 spiro atoms. The zero-order valence-corrected chi connectivity index (χ0v) is 6.79. The first kappa shape index (κ1) is 8.37. The number of ether oxygens (including phenoxy) is 1. The van der Waals surface area contributed by atoms with Gasteiger partial charge in [0.05, 0.1) is 0 Å². The normalized spacial score (nSPS) is 12.5. The Kier molecular flexibility index (Phi) is 3.20. The van der Waals surface area contributed by atoms with Crippen LogP contribution >= 0.6 is 11.6 Å². The molecule has 0 aliphatic rings. The first-order valence-electron chi connectivity index (χ1n) is 3.39. The summed E-state index contributed by atoms with van der Waals surface area (Å²) >= 11 is 5.65. The average Bonchev–Trinajstić information content (AvgIpc) is 2.06. The minimum absolute atomic E-state index is 0.316. The second-order valence-corrected chi connectivity index (χ2v) is 2.56. The molecule has 0 saturated carbocycles. The van der Waals surface area contributed by atoms with Gasteiger partial charge in [0.1, 0.15) is 5.75 Å². The van der Waals surface area contributed by atoms with Crippen LogP contribution in [-0.4, -0.2) is 12.1 Å². The average molecular weight is 172 g/mol. The summed E-state index contributed by atoms with van der Waals surface area (Å²) in [6, 6.07) is 9.36. The standard InChI is InChI=1S/C8H10ClNO/c9-8(6-10)11-7-4-2-1-3-5-7/h1-5,8H,6,10H2. The number of alkyl halides is 1. The number of para-hydroxylation sites is 1. The SMILES string of the molecule is NCC(Cl)Oc1ccccc1. The van der Waals surface area contributed by atoms with Crippen molar-refractivity contribution >= 4 is 11.6 Å². The molecular weight excluding hydrogens is 162 g/mol. The summed E-state index contributed by atoms with van der Waals surface area (Å²) in [4.78, 5) is 0. The van der Waals surface area contributed by atoms with E-state index in [1.165, 1.54) is 0 Å². The van der Waals surface area contributed by atoms with Crippen molar-refractivity contribution < 1.29 is 4.74 Å². The van der Waals surface area contributed by atoms with E-state index in [2.05, 4.69) is 0 Å². The lowest BCUT2D eigenvalue weighted by atomic mass is 10.3. The summed E-state index contributed by atoms with van der Waals surface area (Å²) in [5.41, 5.74) is 4.83. The molecule has 1 atom stereocenters. The summed E-state index contributed by atoms with van der Waals surface area (Å²) in [5, 5.41) is 0. The molecule has 0 bridgehead atoms. The number of hydrogen-bond acceptors (Lipinski definition) is 2. The molecule has 2 nitrogen and oxygen atoms in total. The van der Waals surface area contributed by atoms with Gasteiger partial charge in [-0.1, -0.05) is 29.8 Å². The highest BCUT2D eigenvalue weighted by Crippen LogP contribution is 2.11. The lowest BCUT2D eigenvalue weighted by Crippen LogP contribution is -2.20. The molecule has 2 N–H and O–H groups in total. The molecule has 60 valence electrons. The molecule has 11 heavy (non-hydrogen) atoms. The summed E-state index contributed by atoms with van der Waals surface area (Å²) < 4.78 is 5.20. The van der Waals surface area contributed by atoms with Crippen LogP contribution in [0.3, 0.4) is 0 Å². The van der Waals surface area contributed by atoms with Gasteiger partial charge in [-0.25, -0.2) is 0 Å². The van der Waals surface area contributed by atoms with E-state index in [1.54, 1.807) is 0 Å². The Morgan fingerprint density at radius 3 is 2.55 bits per heavy atom. The number of hydrogen-bond donors (Lipinski definition) is 1. The van der Waals surface area contributed by atoms with E-state index in [4.69, 9.17) is 22.1 Å². The fourth-order valence-electron chi connectivity index (χ4n) is 0.695. The van der Waals surface area contributed by atoms with Gasteiger partial charge in [0.25, 0.3) is 0 Å². The van der Waals surface area contributed by atoms with Gasteiger partial charge >= 0.3 is 0 Å². The van der Waals surface area contributed by atoms with Gasteiger partial charge in [-0.15, -0.1) is 0 Å². The van der Waals surface area contributed by atoms with E-state index < -0.39 is 5.56 Å². The summed E-state index contributed by atoms with van der Waals surface area (Å²) in [6.07, 6.45) is 0. The quantitative estimate of drug-likeness (QED) is 0.701. The van der Waals surface area contributed by atoms with Crippen molar-refractivity contribution in [1.29, 1.82) is 0 Å². The minimum atomic E-state index is -0.433. The van der Waals surface area contributed by atoms with E-state index in [-0.39, 0.29) is 0 Å². The minimum Gasteiger partial charge on any atom is -0.473 e. The molecule has 1 unspecified atom stereocenters. The van der Waals surface area contributed by atoms with Gasteiger partial charge in [-0.2, -0.15) is 0 Å². The Bertz CT molecular complexity index is 203. The highest BCUT2D eigenvalue weighted by atomic mass is 35.5. The van der Waals surface area contributed by atoms with Crippen LogP contribution in [0.2, 0.25) is 0 Å². The predicted octanol–water partition coefficient (Wildman–Crippen LogP) is 1.59. The molecule has 1 aromatic carbocycles. The number of rotatable bonds is 3. The first-order chi connectivity index (χ1) is 5.33. The molecule has 0 saturated heterocycles. The van der Waals surface area contributed by atoms with Crippen LogP contribution in [0.15, 0.2) is 30.3 Å². The van der Waals surface area contributed by atoms with Gasteiger partial charge in [0.15, 0.2) is 5.56 Å². The maximum atomic E-state index is 5.65. The van der Waals surface area contributed by atoms with Crippen molar-refractivity contribution in [1.82, 2.24) is 0 Å². The Morgan fingerprint density at radius 1 is 1.36 bits per heavy atom. The molecule has 0 fully saturated rings. The molecular formula is C8H10ClNO. The number of halogens is 1. The van der Waals surface area contributed by atoms with Gasteiger partial charge < -0.3 is 10.5 Å². The fourth-order valence-corrected chi connectivity index (χ4v) is 0.798. The van der Waals surface area contributed by atoms with Crippen molar-refractivity contribution in [2.75, 3.05) is 6.54 Å². The third-order valence-electron chi connectivity index (χ3n) is 1.19. The van der Waals surface area contributed by atoms with Crippen LogP contribution in [0.1, 0.15) is 0 Å². The molecule has 0 amide bonds. The van der Waals surface area contributed by atoms with Crippen LogP contribution in [0.25, 0.3) is 0 Å². The molecule has 0 heterocycles. The van der Waals surface area contributed by atoms with Gasteiger partial charge in [0.2, 0.25) is 0 Å². The molecule has 0 aromatic heterocycles. The topological polar surface area (TPSA) is 35.2 Å². The van der Waals surface area contributed by atoms with Crippen LogP contribution in [0.4, 0.5) is 0 Å². The molecule has 0 aliphatic heterocycles. The lowest BCUT2D eigenvalue weighted by Gasteiger charge is -2.09. The first-order valence-corrected chi connectivity index (χ1v) is 3.82. The summed E-state index contributed by atoms with van der Waals surface area (Å²) in [7, 11) is 0. The summed E-state index contributed by atoms with van der Waals surface area (Å²) in [6.45, 7) is 0.316. The van der Waals surface area contributed by atoms with E-state index >= 15 is 0 Å². The molecule has 3 heteroatoms. The zero-order chi connectivity index (χ0) is 8.10. The third-order valence-corrected chi connectivity index (χ3v) is 1.46. The molecule has 1 aromatic rings. The predicted molar refractivity (Wildman–Crippen MR) is 45.8 cm³/mol. The maximum Gasteiger partial charge on any atom is 0.184 e. The zero-order valence-electron chi connectivity index (χ0n) is 6.03. The Labute approximate surface area is 70.9 Å². The fraction of sp³-hybridized carbons (Fsp3) is 0.250. The highest BCUT2D eigenvalue weighted by molar-refractivity contribution is 6.20. The van der Waals surface area contributed by atoms with Crippen molar-refractivity contribution in [3.8, 4) is 5.75 Å². The van der Waals surface area contributed by atoms with Crippen molar-refractivity contribution in [3.63, 3.8) is 0 Å². The van der Waals surface area contributed by atoms with E-state index in [0.29, 0.717) is 6.54 Å². The van der Waals surface area contributed by atoms with Crippen molar-refractivity contribution in [2.45, 2.75) is 5.56 Å². The Balaban J connectivity index is 2.51. The largest absolute Gasteiger partial charge is 0.473 e. The molecule has 0 radical (unpaired) electrons. The second kappa shape index (κ2) is 4.21.